The first-order valence-corrected chi connectivity index (χ1v) is 10.2. The smallest absolute Gasteiger partial charge is 0.280 e. The molecule has 1 amide bonds. The van der Waals surface area contributed by atoms with Gasteiger partial charge in [-0.2, -0.15) is 4.99 Å². The third-order valence-electron chi connectivity index (χ3n) is 3.16. The predicted molar refractivity (Wildman–Crippen MR) is 91.6 cm³/mol. The lowest BCUT2D eigenvalue weighted by Crippen LogP contribution is -2.24. The molecular formula is C15H15N3O5S2. The Bertz CT molecular complexity index is 1060. The van der Waals surface area contributed by atoms with E-state index in [0.717, 1.165) is 24.5 Å². The molecule has 0 aliphatic heterocycles. The molecule has 0 saturated carbocycles. The molecule has 0 saturated heterocycles. The molecule has 0 bridgehead atoms. The van der Waals surface area contributed by atoms with Crippen LogP contribution in [0.2, 0.25) is 0 Å². The van der Waals surface area contributed by atoms with E-state index in [0.29, 0.717) is 0 Å². The molecule has 25 heavy (non-hydrogen) atoms. The highest BCUT2D eigenvalue weighted by atomic mass is 32.2. The van der Waals surface area contributed by atoms with Gasteiger partial charge in [0.05, 0.1) is 14.7 Å². The molecule has 0 fully saturated rings. The Morgan fingerprint density at radius 2 is 1.52 bits per heavy atom. The summed E-state index contributed by atoms with van der Waals surface area (Å²) in [5.74, 6) is -1.37. The molecule has 4 N–H and O–H groups in total. The summed E-state index contributed by atoms with van der Waals surface area (Å²) < 4.78 is 49.6. The van der Waals surface area contributed by atoms with Crippen LogP contribution in [0.4, 0.5) is 0 Å². The molecule has 8 nitrogen and oxygen atoms in total. The molecular weight excluding hydrogens is 366 g/mol. The van der Waals surface area contributed by atoms with Crippen molar-refractivity contribution in [3.8, 4) is 0 Å². The van der Waals surface area contributed by atoms with Crippen molar-refractivity contribution < 1.29 is 21.6 Å². The molecule has 0 aliphatic rings. The summed E-state index contributed by atoms with van der Waals surface area (Å²) in [7, 11) is -8.05. The van der Waals surface area contributed by atoms with Crippen LogP contribution in [0.5, 0.6) is 0 Å². The van der Waals surface area contributed by atoms with Gasteiger partial charge in [-0.15, -0.1) is 0 Å². The fourth-order valence-corrected chi connectivity index (χ4v) is 4.96. The number of sulfone groups is 2. The molecule has 0 aliphatic carbocycles. The van der Waals surface area contributed by atoms with Crippen molar-refractivity contribution in [3.63, 3.8) is 0 Å². The van der Waals surface area contributed by atoms with E-state index < -0.39 is 41.3 Å². The zero-order valence-electron chi connectivity index (χ0n) is 13.1. The Balaban J connectivity index is 2.72. The van der Waals surface area contributed by atoms with Gasteiger partial charge in [0, 0.05) is 11.8 Å². The highest BCUT2D eigenvalue weighted by Gasteiger charge is 2.27. The number of guanidine groups is 1. The van der Waals surface area contributed by atoms with Crippen molar-refractivity contribution in [2.45, 2.75) is 14.7 Å². The number of hydrogen-bond donors (Lipinski definition) is 2. The highest BCUT2D eigenvalue weighted by Crippen LogP contribution is 2.28. The van der Waals surface area contributed by atoms with Crippen molar-refractivity contribution in [1.82, 2.24) is 0 Å². The number of carbonyl (C=O) groups is 1. The maximum Gasteiger partial charge on any atom is 0.280 e. The highest BCUT2D eigenvalue weighted by molar-refractivity contribution is 7.94. The van der Waals surface area contributed by atoms with E-state index in [-0.39, 0.29) is 10.5 Å². The fourth-order valence-electron chi connectivity index (χ4n) is 2.06. The quantitative estimate of drug-likeness (QED) is 0.572. The number of nitrogens with two attached hydrogens (primary N) is 2. The van der Waals surface area contributed by atoms with E-state index in [2.05, 4.69) is 4.99 Å². The number of benzene rings is 2. The SMILES string of the molecule is CS(=O)(=O)c1cc(C(=O)N=C(N)N)ccc1S(=O)(=O)c1ccccc1. The van der Waals surface area contributed by atoms with E-state index in [1.165, 1.54) is 24.3 Å². The monoisotopic (exact) mass is 381 g/mol. The average molecular weight is 381 g/mol. The van der Waals surface area contributed by atoms with Gasteiger partial charge in [0.15, 0.2) is 15.8 Å². The summed E-state index contributed by atoms with van der Waals surface area (Å²) in [6.07, 6.45) is 0.848. The van der Waals surface area contributed by atoms with Crippen molar-refractivity contribution >= 4 is 31.5 Å². The Kier molecular flexibility index (Phi) is 4.95. The van der Waals surface area contributed by atoms with Crippen molar-refractivity contribution in [3.05, 3.63) is 54.1 Å². The van der Waals surface area contributed by atoms with Gasteiger partial charge < -0.3 is 11.5 Å². The molecule has 0 spiro atoms. The van der Waals surface area contributed by atoms with Crippen LogP contribution in [0.15, 0.2) is 68.2 Å². The van der Waals surface area contributed by atoms with E-state index >= 15 is 0 Å². The predicted octanol–water partition coefficient (Wildman–Crippen LogP) is 0.337. The molecule has 2 aromatic rings. The summed E-state index contributed by atoms with van der Waals surface area (Å²) in [6.45, 7) is 0. The van der Waals surface area contributed by atoms with Crippen molar-refractivity contribution in [1.29, 1.82) is 0 Å². The topological polar surface area (TPSA) is 150 Å². The Morgan fingerprint density at radius 1 is 0.920 bits per heavy atom. The van der Waals surface area contributed by atoms with Crippen LogP contribution in [0, 0.1) is 0 Å². The Hall–Kier alpha value is -2.72. The lowest BCUT2D eigenvalue weighted by atomic mass is 10.2. The number of nitrogens with zero attached hydrogens (tertiary/aromatic N) is 1. The first kappa shape index (κ1) is 18.6. The van der Waals surface area contributed by atoms with E-state index in [4.69, 9.17) is 11.5 Å². The van der Waals surface area contributed by atoms with Crippen LogP contribution in [0.1, 0.15) is 10.4 Å². The number of carbonyl (C=O) groups excluding carboxylic acids is 1. The summed E-state index contributed by atoms with van der Waals surface area (Å²) >= 11 is 0. The Morgan fingerprint density at radius 3 is 2.04 bits per heavy atom. The first-order chi connectivity index (χ1) is 11.5. The van der Waals surface area contributed by atoms with Gasteiger partial charge in [-0.3, -0.25) is 4.79 Å². The van der Waals surface area contributed by atoms with Crippen LogP contribution >= 0.6 is 0 Å². The second kappa shape index (κ2) is 6.65. The van der Waals surface area contributed by atoms with Gasteiger partial charge in [0.25, 0.3) is 5.91 Å². The first-order valence-electron chi connectivity index (χ1n) is 6.81. The molecule has 0 unspecified atom stereocenters. The maximum absolute atomic E-state index is 12.7. The molecule has 132 valence electrons. The molecule has 0 radical (unpaired) electrons. The summed E-state index contributed by atoms with van der Waals surface area (Å²) in [5.41, 5.74) is 10.1. The van der Waals surface area contributed by atoms with Crippen molar-refractivity contribution in [2.75, 3.05) is 6.26 Å². The normalized spacial score (nSPS) is 11.7. The molecule has 2 rings (SSSR count). The van der Waals surface area contributed by atoms with Crippen LogP contribution in [-0.2, 0) is 19.7 Å². The van der Waals surface area contributed by atoms with Gasteiger partial charge in [0.1, 0.15) is 0 Å². The van der Waals surface area contributed by atoms with Gasteiger partial charge in [-0.1, -0.05) is 18.2 Å². The average Bonchev–Trinajstić information content (AvgIpc) is 2.53. The second-order valence-corrected chi connectivity index (χ2v) is 8.99. The lowest BCUT2D eigenvalue weighted by Gasteiger charge is -2.10. The molecule has 10 heteroatoms. The van der Waals surface area contributed by atoms with E-state index in [1.807, 2.05) is 0 Å². The summed E-state index contributed by atoms with van der Waals surface area (Å²) in [6, 6.07) is 10.5. The number of hydrogen-bond acceptors (Lipinski definition) is 5. The number of amides is 1. The minimum Gasteiger partial charge on any atom is -0.370 e. The number of rotatable bonds is 4. The van der Waals surface area contributed by atoms with Gasteiger partial charge in [-0.25, -0.2) is 16.8 Å². The zero-order valence-corrected chi connectivity index (χ0v) is 14.7. The maximum atomic E-state index is 12.7. The lowest BCUT2D eigenvalue weighted by molar-refractivity contribution is 0.100. The molecule has 2 aromatic carbocycles. The summed E-state index contributed by atoms with van der Waals surface area (Å²) in [4.78, 5) is 14.2. The van der Waals surface area contributed by atoms with Crippen molar-refractivity contribution in [2.24, 2.45) is 16.5 Å². The van der Waals surface area contributed by atoms with Gasteiger partial charge in [0.2, 0.25) is 9.84 Å². The Labute approximate surface area is 145 Å². The van der Waals surface area contributed by atoms with Gasteiger partial charge >= 0.3 is 0 Å². The van der Waals surface area contributed by atoms with E-state index in [1.54, 1.807) is 6.07 Å². The minimum absolute atomic E-state index is 0.0665. The van der Waals surface area contributed by atoms with E-state index in [9.17, 15) is 21.6 Å². The number of aliphatic imine (C=N–C) groups is 1. The van der Waals surface area contributed by atoms with Crippen LogP contribution < -0.4 is 11.5 Å². The largest absolute Gasteiger partial charge is 0.370 e. The fraction of sp³-hybridized carbons (Fsp3) is 0.0667. The third kappa shape index (κ3) is 4.03. The standard InChI is InChI=1S/C15H15N3O5S2/c1-24(20,21)13-9-10(14(19)18-15(16)17)7-8-12(13)25(22,23)11-5-3-2-4-6-11/h2-9H,1H3,(H4,16,17,18,19). The summed E-state index contributed by atoms with van der Waals surface area (Å²) in [5, 5.41) is 0. The molecule has 0 atom stereocenters. The second-order valence-electron chi connectivity index (χ2n) is 5.09. The molecule has 0 aromatic heterocycles. The minimum atomic E-state index is -4.09. The van der Waals surface area contributed by atoms with Crippen LogP contribution in [0.3, 0.4) is 0 Å². The van der Waals surface area contributed by atoms with Crippen LogP contribution in [0.25, 0.3) is 0 Å². The third-order valence-corrected chi connectivity index (χ3v) is 6.26. The zero-order chi connectivity index (χ0) is 18.8. The van der Waals surface area contributed by atoms with Crippen LogP contribution in [-0.4, -0.2) is 35.0 Å². The van der Waals surface area contributed by atoms with Gasteiger partial charge in [-0.05, 0) is 30.3 Å². The molecule has 0 heterocycles.